The van der Waals surface area contributed by atoms with Crippen LogP contribution in [-0.4, -0.2) is 31.5 Å². The highest BCUT2D eigenvalue weighted by molar-refractivity contribution is 5.43. The summed E-state index contributed by atoms with van der Waals surface area (Å²) >= 11 is 0. The molecule has 19 heavy (non-hydrogen) atoms. The van der Waals surface area contributed by atoms with Crippen molar-refractivity contribution in [3.8, 4) is 11.5 Å². The Morgan fingerprint density at radius 2 is 2.26 bits per heavy atom. The van der Waals surface area contributed by atoms with E-state index >= 15 is 0 Å². The zero-order valence-electron chi connectivity index (χ0n) is 11.6. The van der Waals surface area contributed by atoms with Gasteiger partial charge in [0.05, 0.1) is 25.9 Å². The van der Waals surface area contributed by atoms with E-state index in [1.165, 1.54) is 0 Å². The molecule has 1 aliphatic rings. The van der Waals surface area contributed by atoms with Gasteiger partial charge in [0.15, 0.2) is 11.5 Å². The Bertz CT molecular complexity index is 397. The predicted octanol–water partition coefficient (Wildman–Crippen LogP) is 2.70. The van der Waals surface area contributed by atoms with Gasteiger partial charge in [0.1, 0.15) is 0 Å². The van der Waals surface area contributed by atoms with Gasteiger partial charge >= 0.3 is 0 Å². The van der Waals surface area contributed by atoms with Crippen molar-refractivity contribution in [1.29, 1.82) is 0 Å². The first-order valence-electron chi connectivity index (χ1n) is 6.81. The summed E-state index contributed by atoms with van der Waals surface area (Å²) in [5, 5.41) is 9.54. The highest BCUT2D eigenvalue weighted by Gasteiger charge is 2.16. The highest BCUT2D eigenvalue weighted by Crippen LogP contribution is 2.30. The summed E-state index contributed by atoms with van der Waals surface area (Å²) < 4.78 is 16.6. The number of hydrogen-bond acceptors (Lipinski definition) is 4. The Balaban J connectivity index is 1.91. The lowest BCUT2D eigenvalue weighted by atomic mass is 10.1. The van der Waals surface area contributed by atoms with Crippen LogP contribution in [0.3, 0.4) is 0 Å². The molecule has 1 fully saturated rings. The molecule has 0 bridgehead atoms. The SMILES string of the molecule is COc1cc([C@@H](C)O)ccc1OCCC1CCCO1. The van der Waals surface area contributed by atoms with Crippen molar-refractivity contribution < 1.29 is 19.3 Å². The van der Waals surface area contributed by atoms with E-state index in [0.717, 1.165) is 31.4 Å². The number of ether oxygens (including phenoxy) is 3. The average Bonchev–Trinajstić information content (AvgIpc) is 2.92. The summed E-state index contributed by atoms with van der Waals surface area (Å²) in [5.74, 6) is 1.37. The topological polar surface area (TPSA) is 47.9 Å². The van der Waals surface area contributed by atoms with Gasteiger partial charge in [-0.2, -0.15) is 0 Å². The van der Waals surface area contributed by atoms with E-state index in [1.54, 1.807) is 14.0 Å². The van der Waals surface area contributed by atoms with Crippen molar-refractivity contribution in [3.05, 3.63) is 23.8 Å². The summed E-state index contributed by atoms with van der Waals surface area (Å²) in [7, 11) is 1.61. The lowest BCUT2D eigenvalue weighted by Gasteiger charge is -2.14. The van der Waals surface area contributed by atoms with Crippen molar-refractivity contribution in [2.24, 2.45) is 0 Å². The quantitative estimate of drug-likeness (QED) is 0.860. The molecule has 0 spiro atoms. The first-order chi connectivity index (χ1) is 9.20. The van der Waals surface area contributed by atoms with Crippen LogP contribution in [0.2, 0.25) is 0 Å². The Hall–Kier alpha value is -1.26. The Morgan fingerprint density at radius 3 is 2.89 bits per heavy atom. The maximum atomic E-state index is 9.54. The number of methoxy groups -OCH3 is 1. The van der Waals surface area contributed by atoms with Crippen molar-refractivity contribution >= 4 is 0 Å². The normalized spacial score (nSPS) is 20.3. The molecule has 1 N–H and O–H groups in total. The van der Waals surface area contributed by atoms with Crippen LogP contribution >= 0.6 is 0 Å². The second-order valence-electron chi connectivity index (χ2n) is 4.86. The molecule has 1 heterocycles. The summed E-state index contributed by atoms with van der Waals surface area (Å²) in [5.41, 5.74) is 0.823. The first kappa shape index (κ1) is 14.2. The van der Waals surface area contributed by atoms with Crippen molar-refractivity contribution in [2.75, 3.05) is 20.3 Å². The van der Waals surface area contributed by atoms with Crippen LogP contribution in [0.5, 0.6) is 11.5 Å². The van der Waals surface area contributed by atoms with Crippen molar-refractivity contribution in [1.82, 2.24) is 0 Å². The highest BCUT2D eigenvalue weighted by atomic mass is 16.5. The van der Waals surface area contributed by atoms with Gasteiger partial charge in [-0.3, -0.25) is 0 Å². The van der Waals surface area contributed by atoms with Gasteiger partial charge in [-0.25, -0.2) is 0 Å². The molecule has 4 heteroatoms. The number of aliphatic hydroxyl groups is 1. The maximum absolute atomic E-state index is 9.54. The van der Waals surface area contributed by atoms with Crippen LogP contribution in [-0.2, 0) is 4.74 Å². The van der Waals surface area contributed by atoms with E-state index in [1.807, 2.05) is 18.2 Å². The van der Waals surface area contributed by atoms with Crippen LogP contribution in [0.1, 0.15) is 37.9 Å². The first-order valence-corrected chi connectivity index (χ1v) is 6.81. The van der Waals surface area contributed by atoms with Crippen LogP contribution in [0.15, 0.2) is 18.2 Å². The van der Waals surface area contributed by atoms with Gasteiger partial charge in [-0.15, -0.1) is 0 Å². The number of aliphatic hydroxyl groups excluding tert-OH is 1. The van der Waals surface area contributed by atoms with Crippen LogP contribution in [0, 0.1) is 0 Å². The van der Waals surface area contributed by atoms with E-state index in [-0.39, 0.29) is 0 Å². The van der Waals surface area contributed by atoms with Gasteiger partial charge in [0.2, 0.25) is 0 Å². The molecule has 0 radical (unpaired) electrons. The number of rotatable bonds is 6. The monoisotopic (exact) mass is 266 g/mol. The number of benzene rings is 1. The van der Waals surface area contributed by atoms with Gasteiger partial charge in [-0.05, 0) is 37.5 Å². The van der Waals surface area contributed by atoms with Gasteiger partial charge < -0.3 is 19.3 Å². The lowest BCUT2D eigenvalue weighted by Crippen LogP contribution is -2.11. The van der Waals surface area contributed by atoms with E-state index < -0.39 is 6.10 Å². The second-order valence-corrected chi connectivity index (χ2v) is 4.86. The van der Waals surface area contributed by atoms with E-state index in [4.69, 9.17) is 14.2 Å². The summed E-state index contributed by atoms with van der Waals surface area (Å²) in [6, 6.07) is 5.51. The molecule has 1 unspecified atom stereocenters. The molecule has 2 atom stereocenters. The third kappa shape index (κ3) is 3.85. The third-order valence-corrected chi connectivity index (χ3v) is 3.39. The van der Waals surface area contributed by atoms with Crippen LogP contribution < -0.4 is 9.47 Å². The van der Waals surface area contributed by atoms with Gasteiger partial charge in [0.25, 0.3) is 0 Å². The maximum Gasteiger partial charge on any atom is 0.161 e. The molecule has 4 nitrogen and oxygen atoms in total. The summed E-state index contributed by atoms with van der Waals surface area (Å²) in [6.07, 6.45) is 3.01. The smallest absolute Gasteiger partial charge is 0.161 e. The van der Waals surface area contributed by atoms with Crippen LogP contribution in [0.4, 0.5) is 0 Å². The fraction of sp³-hybridized carbons (Fsp3) is 0.600. The van der Waals surface area contributed by atoms with E-state index in [9.17, 15) is 5.11 Å². The third-order valence-electron chi connectivity index (χ3n) is 3.39. The molecule has 0 aromatic heterocycles. The lowest BCUT2D eigenvalue weighted by molar-refractivity contribution is 0.0899. The minimum Gasteiger partial charge on any atom is -0.493 e. The Labute approximate surface area is 114 Å². The minimum atomic E-state index is -0.505. The fourth-order valence-electron chi connectivity index (χ4n) is 2.24. The summed E-state index contributed by atoms with van der Waals surface area (Å²) in [4.78, 5) is 0. The second kappa shape index (κ2) is 6.78. The van der Waals surface area contributed by atoms with Crippen molar-refractivity contribution in [2.45, 2.75) is 38.4 Å². The zero-order chi connectivity index (χ0) is 13.7. The predicted molar refractivity (Wildman–Crippen MR) is 72.7 cm³/mol. The van der Waals surface area contributed by atoms with E-state index in [2.05, 4.69) is 0 Å². The average molecular weight is 266 g/mol. The molecular formula is C15H22O4. The fourth-order valence-corrected chi connectivity index (χ4v) is 2.24. The molecule has 0 amide bonds. The molecule has 0 aliphatic carbocycles. The molecule has 1 aliphatic heterocycles. The van der Waals surface area contributed by atoms with Crippen LogP contribution in [0.25, 0.3) is 0 Å². The standard InChI is InChI=1S/C15H22O4/c1-11(16)12-5-6-14(15(10-12)17-2)19-9-7-13-4-3-8-18-13/h5-6,10-11,13,16H,3-4,7-9H2,1-2H3/t11-,13?/m1/s1. The zero-order valence-corrected chi connectivity index (χ0v) is 11.6. The molecule has 2 rings (SSSR count). The molecule has 106 valence electrons. The summed E-state index contributed by atoms with van der Waals surface area (Å²) in [6.45, 7) is 3.22. The van der Waals surface area contributed by atoms with Crippen molar-refractivity contribution in [3.63, 3.8) is 0 Å². The van der Waals surface area contributed by atoms with Gasteiger partial charge in [0, 0.05) is 13.0 Å². The number of hydrogen-bond donors (Lipinski definition) is 1. The largest absolute Gasteiger partial charge is 0.493 e. The Kier molecular flexibility index (Phi) is 5.05. The molecular weight excluding hydrogens is 244 g/mol. The van der Waals surface area contributed by atoms with E-state index in [0.29, 0.717) is 24.2 Å². The Morgan fingerprint density at radius 1 is 1.42 bits per heavy atom. The molecule has 0 saturated carbocycles. The molecule has 1 saturated heterocycles. The van der Waals surface area contributed by atoms with Gasteiger partial charge in [-0.1, -0.05) is 6.07 Å². The molecule has 1 aromatic carbocycles. The molecule has 1 aromatic rings. The minimum absolute atomic E-state index is 0.336.